The third-order valence-electron chi connectivity index (χ3n) is 4.80. The van der Waals surface area contributed by atoms with E-state index in [1.807, 2.05) is 19.1 Å². The van der Waals surface area contributed by atoms with E-state index in [-0.39, 0.29) is 10.9 Å². The number of aromatic nitrogens is 1. The minimum atomic E-state index is -0.888. The summed E-state index contributed by atoms with van der Waals surface area (Å²) in [5.41, 5.74) is 0.889. The first kappa shape index (κ1) is 16.2. The number of hydrogen-bond donors (Lipinski definition) is 1. The Morgan fingerprint density at radius 1 is 1.30 bits per heavy atom. The Morgan fingerprint density at radius 2 is 2.04 bits per heavy atom. The maximum absolute atomic E-state index is 13.3. The van der Waals surface area contributed by atoms with Crippen molar-refractivity contribution in [2.45, 2.75) is 25.4 Å². The van der Waals surface area contributed by atoms with Gasteiger partial charge < -0.3 is 10.0 Å². The van der Waals surface area contributed by atoms with Crippen LogP contribution in [0.15, 0.2) is 42.7 Å². The molecule has 5 heteroatoms. The van der Waals surface area contributed by atoms with Crippen LogP contribution in [0.5, 0.6) is 0 Å². The normalized spacial score (nSPS) is 18.7. The summed E-state index contributed by atoms with van der Waals surface area (Å²) < 4.78 is 13.3. The minimum absolute atomic E-state index is 0.145. The number of hydrogen-bond acceptors (Lipinski definition) is 3. The average Bonchev–Trinajstić information content (AvgIpc) is 2.58. The Labute approximate surface area is 140 Å². The SMILES string of the molecule is CC(O)(c1cccnc1)C1CCN(c2ccc(F)c(Cl)c2)CC1. The second-order valence-electron chi connectivity index (χ2n) is 6.25. The van der Waals surface area contributed by atoms with Crippen molar-refractivity contribution in [3.05, 3.63) is 59.1 Å². The second-order valence-corrected chi connectivity index (χ2v) is 6.66. The van der Waals surface area contributed by atoms with E-state index >= 15 is 0 Å². The Hall–Kier alpha value is -1.65. The summed E-state index contributed by atoms with van der Waals surface area (Å²) in [4.78, 5) is 6.29. The lowest BCUT2D eigenvalue weighted by Crippen LogP contribution is -2.42. The highest BCUT2D eigenvalue weighted by Gasteiger charge is 2.36. The molecule has 2 heterocycles. The van der Waals surface area contributed by atoms with Crippen LogP contribution in [0.1, 0.15) is 25.3 Å². The molecular weight excluding hydrogens is 315 g/mol. The van der Waals surface area contributed by atoms with Gasteiger partial charge in [0.25, 0.3) is 0 Å². The molecule has 0 spiro atoms. The summed E-state index contributed by atoms with van der Waals surface area (Å²) in [5.74, 6) is -0.233. The van der Waals surface area contributed by atoms with E-state index in [1.165, 1.54) is 6.07 Å². The Bertz CT molecular complexity index is 670. The Balaban J connectivity index is 1.69. The molecule has 1 aromatic heterocycles. The predicted octanol–water partition coefficient (Wildman–Crippen LogP) is 4.00. The molecule has 0 radical (unpaired) electrons. The van der Waals surface area contributed by atoms with Gasteiger partial charge in [0.2, 0.25) is 0 Å². The van der Waals surface area contributed by atoms with Crippen molar-refractivity contribution in [1.29, 1.82) is 0 Å². The molecule has 122 valence electrons. The summed E-state index contributed by atoms with van der Waals surface area (Å²) in [7, 11) is 0. The van der Waals surface area contributed by atoms with Crippen LogP contribution in [0, 0.1) is 11.7 Å². The molecule has 1 N–H and O–H groups in total. The summed E-state index contributed by atoms with van der Waals surface area (Å²) in [6.07, 6.45) is 5.15. The standard InChI is InChI=1S/C18H20ClFN2O/c1-18(23,14-3-2-8-21-12-14)13-6-9-22(10-7-13)15-4-5-17(20)16(19)11-15/h2-5,8,11-13,23H,6-7,9-10H2,1H3. The van der Waals surface area contributed by atoms with Gasteiger partial charge in [0.1, 0.15) is 5.82 Å². The highest BCUT2D eigenvalue weighted by molar-refractivity contribution is 6.31. The van der Waals surface area contributed by atoms with Crippen LogP contribution in [0.25, 0.3) is 0 Å². The monoisotopic (exact) mass is 334 g/mol. The number of benzene rings is 1. The maximum atomic E-state index is 13.3. The van der Waals surface area contributed by atoms with Gasteiger partial charge in [-0.3, -0.25) is 4.98 Å². The molecule has 1 fully saturated rings. The van der Waals surface area contributed by atoms with Crippen LogP contribution in [0.2, 0.25) is 5.02 Å². The molecule has 0 amide bonds. The van der Waals surface area contributed by atoms with E-state index in [0.29, 0.717) is 0 Å². The molecule has 3 nitrogen and oxygen atoms in total. The molecule has 0 aliphatic carbocycles. The first-order valence-electron chi connectivity index (χ1n) is 7.81. The minimum Gasteiger partial charge on any atom is -0.385 e. The number of nitrogens with zero attached hydrogens (tertiary/aromatic N) is 2. The lowest BCUT2D eigenvalue weighted by atomic mass is 9.78. The maximum Gasteiger partial charge on any atom is 0.141 e. The lowest BCUT2D eigenvalue weighted by Gasteiger charge is -2.40. The van der Waals surface area contributed by atoms with Crippen LogP contribution in [-0.2, 0) is 5.60 Å². The molecule has 0 saturated carbocycles. The topological polar surface area (TPSA) is 36.4 Å². The van der Waals surface area contributed by atoms with Crippen molar-refractivity contribution in [2.24, 2.45) is 5.92 Å². The van der Waals surface area contributed by atoms with E-state index in [4.69, 9.17) is 11.6 Å². The van der Waals surface area contributed by atoms with Crippen LogP contribution in [-0.4, -0.2) is 23.2 Å². The molecule has 3 rings (SSSR count). The molecule has 2 aromatic rings. The number of halogens is 2. The second kappa shape index (κ2) is 6.46. The molecule has 1 saturated heterocycles. The molecule has 1 atom stereocenters. The molecule has 1 unspecified atom stereocenters. The van der Waals surface area contributed by atoms with Crippen molar-refractivity contribution in [2.75, 3.05) is 18.0 Å². The zero-order valence-electron chi connectivity index (χ0n) is 13.0. The summed E-state index contributed by atoms with van der Waals surface area (Å²) >= 11 is 5.87. The number of aliphatic hydroxyl groups is 1. The van der Waals surface area contributed by atoms with Gasteiger partial charge in [-0.15, -0.1) is 0 Å². The Kier molecular flexibility index (Phi) is 4.55. The molecule has 1 aromatic carbocycles. The molecular formula is C18H20ClFN2O. The van der Waals surface area contributed by atoms with Gasteiger partial charge >= 0.3 is 0 Å². The number of piperidine rings is 1. The zero-order valence-corrected chi connectivity index (χ0v) is 13.8. The quantitative estimate of drug-likeness (QED) is 0.921. The third kappa shape index (κ3) is 3.33. The first-order chi connectivity index (χ1) is 11.0. The zero-order chi connectivity index (χ0) is 16.4. The van der Waals surface area contributed by atoms with E-state index in [9.17, 15) is 9.50 Å². The van der Waals surface area contributed by atoms with E-state index < -0.39 is 11.4 Å². The van der Waals surface area contributed by atoms with Gasteiger partial charge in [-0.25, -0.2) is 4.39 Å². The fraction of sp³-hybridized carbons (Fsp3) is 0.389. The molecule has 1 aliphatic rings. The van der Waals surface area contributed by atoms with Crippen LogP contribution in [0.3, 0.4) is 0 Å². The third-order valence-corrected chi connectivity index (χ3v) is 5.09. The van der Waals surface area contributed by atoms with Crippen molar-refractivity contribution in [1.82, 2.24) is 4.98 Å². The van der Waals surface area contributed by atoms with Crippen molar-refractivity contribution < 1.29 is 9.50 Å². The lowest BCUT2D eigenvalue weighted by molar-refractivity contribution is -0.0164. The van der Waals surface area contributed by atoms with E-state index in [1.54, 1.807) is 24.5 Å². The van der Waals surface area contributed by atoms with Crippen molar-refractivity contribution >= 4 is 17.3 Å². The largest absolute Gasteiger partial charge is 0.385 e. The molecule has 0 bridgehead atoms. The van der Waals surface area contributed by atoms with Crippen molar-refractivity contribution in [3.8, 4) is 0 Å². The first-order valence-corrected chi connectivity index (χ1v) is 8.19. The molecule has 23 heavy (non-hydrogen) atoms. The highest BCUT2D eigenvalue weighted by Crippen LogP contribution is 2.37. The van der Waals surface area contributed by atoms with E-state index in [0.717, 1.165) is 37.2 Å². The van der Waals surface area contributed by atoms with Crippen LogP contribution < -0.4 is 4.90 Å². The molecule has 1 aliphatic heterocycles. The Morgan fingerprint density at radius 3 is 2.65 bits per heavy atom. The van der Waals surface area contributed by atoms with Gasteiger partial charge in [-0.05, 0) is 49.9 Å². The predicted molar refractivity (Wildman–Crippen MR) is 90.2 cm³/mol. The average molecular weight is 335 g/mol. The number of rotatable bonds is 3. The number of pyridine rings is 1. The van der Waals surface area contributed by atoms with Gasteiger partial charge in [0.05, 0.1) is 10.6 Å². The summed E-state index contributed by atoms with van der Waals surface area (Å²) in [6, 6.07) is 8.57. The summed E-state index contributed by atoms with van der Waals surface area (Å²) in [6.45, 7) is 3.48. The van der Waals surface area contributed by atoms with E-state index in [2.05, 4.69) is 9.88 Å². The van der Waals surface area contributed by atoms with Gasteiger partial charge in [-0.1, -0.05) is 17.7 Å². The van der Waals surface area contributed by atoms with Gasteiger partial charge in [0, 0.05) is 36.7 Å². The highest BCUT2D eigenvalue weighted by atomic mass is 35.5. The van der Waals surface area contributed by atoms with Crippen LogP contribution >= 0.6 is 11.6 Å². The fourth-order valence-corrected chi connectivity index (χ4v) is 3.45. The van der Waals surface area contributed by atoms with Gasteiger partial charge in [-0.2, -0.15) is 0 Å². The van der Waals surface area contributed by atoms with Gasteiger partial charge in [0.15, 0.2) is 0 Å². The van der Waals surface area contributed by atoms with Crippen molar-refractivity contribution in [3.63, 3.8) is 0 Å². The van der Waals surface area contributed by atoms with Crippen LogP contribution in [0.4, 0.5) is 10.1 Å². The number of anilines is 1. The smallest absolute Gasteiger partial charge is 0.141 e. The summed E-state index contributed by atoms with van der Waals surface area (Å²) in [5, 5.41) is 11.1. The fourth-order valence-electron chi connectivity index (χ4n) is 3.28.